The SMILES string of the molecule is CCN(CC)S(=O)(=O)c1ccc2c(c1)CCN2C(=O)Cc1cc(C)[nH]n1. The Bertz CT molecular complexity index is 916. The monoisotopic (exact) mass is 376 g/mol. The Morgan fingerprint density at radius 3 is 2.62 bits per heavy atom. The predicted octanol–water partition coefficient (Wildman–Crippen LogP) is 1.88. The number of hydrogen-bond donors (Lipinski definition) is 1. The van der Waals surface area contributed by atoms with Crippen LogP contribution < -0.4 is 4.90 Å². The zero-order valence-electron chi connectivity index (χ0n) is 15.3. The first-order valence-electron chi connectivity index (χ1n) is 8.81. The summed E-state index contributed by atoms with van der Waals surface area (Å²) in [5.74, 6) is -0.0328. The van der Waals surface area contributed by atoms with Crippen molar-refractivity contribution in [2.75, 3.05) is 24.5 Å². The van der Waals surface area contributed by atoms with Gasteiger partial charge in [-0.3, -0.25) is 9.89 Å². The van der Waals surface area contributed by atoms with E-state index in [1.807, 2.05) is 26.8 Å². The highest BCUT2D eigenvalue weighted by Gasteiger charge is 2.28. The standard InChI is InChI=1S/C18H24N4O3S/c1-4-21(5-2)26(24,25)16-6-7-17-14(11-16)8-9-22(17)18(23)12-15-10-13(3)19-20-15/h6-7,10-11H,4-5,8-9,12H2,1-3H3,(H,19,20). The van der Waals surface area contributed by atoms with Gasteiger partial charge in [0, 0.05) is 31.0 Å². The molecule has 0 atom stereocenters. The highest BCUT2D eigenvalue weighted by molar-refractivity contribution is 7.89. The molecule has 0 saturated heterocycles. The van der Waals surface area contributed by atoms with Gasteiger partial charge in [0.25, 0.3) is 0 Å². The average Bonchev–Trinajstić information content (AvgIpc) is 3.21. The Kier molecular flexibility index (Phi) is 5.15. The van der Waals surface area contributed by atoms with Gasteiger partial charge < -0.3 is 4.90 Å². The van der Waals surface area contributed by atoms with Crippen LogP contribution in [0.5, 0.6) is 0 Å². The minimum atomic E-state index is -3.49. The first-order chi connectivity index (χ1) is 12.4. The van der Waals surface area contributed by atoms with Gasteiger partial charge >= 0.3 is 0 Å². The lowest BCUT2D eigenvalue weighted by Crippen LogP contribution is -2.31. The van der Waals surface area contributed by atoms with E-state index in [-0.39, 0.29) is 17.2 Å². The molecule has 1 aliphatic heterocycles. The summed E-state index contributed by atoms with van der Waals surface area (Å²) in [5.41, 5.74) is 3.31. The van der Waals surface area contributed by atoms with Gasteiger partial charge in [-0.15, -0.1) is 0 Å². The molecule has 0 saturated carbocycles. The van der Waals surface area contributed by atoms with E-state index in [1.54, 1.807) is 23.1 Å². The lowest BCUT2D eigenvalue weighted by atomic mass is 10.2. The van der Waals surface area contributed by atoms with Gasteiger partial charge in [0.1, 0.15) is 0 Å². The van der Waals surface area contributed by atoms with Crippen LogP contribution in [0.2, 0.25) is 0 Å². The number of anilines is 1. The van der Waals surface area contributed by atoms with Crippen LogP contribution in [-0.4, -0.2) is 48.5 Å². The molecule has 0 aliphatic carbocycles. The van der Waals surface area contributed by atoms with Gasteiger partial charge in [0.05, 0.1) is 17.0 Å². The summed E-state index contributed by atoms with van der Waals surface area (Å²) >= 11 is 0. The second-order valence-corrected chi connectivity index (χ2v) is 8.33. The number of H-pyrrole nitrogens is 1. The quantitative estimate of drug-likeness (QED) is 0.834. The van der Waals surface area contributed by atoms with Crippen molar-refractivity contribution in [1.29, 1.82) is 0 Å². The number of aromatic amines is 1. The zero-order valence-corrected chi connectivity index (χ0v) is 16.1. The number of carbonyl (C=O) groups excluding carboxylic acids is 1. The molecular formula is C18H24N4O3S. The van der Waals surface area contributed by atoms with E-state index in [1.165, 1.54) is 4.31 Å². The third kappa shape index (κ3) is 3.39. The summed E-state index contributed by atoms with van der Waals surface area (Å²) in [6, 6.07) is 6.90. The van der Waals surface area contributed by atoms with Gasteiger partial charge in [-0.25, -0.2) is 8.42 Å². The molecular weight excluding hydrogens is 352 g/mol. The predicted molar refractivity (Wildman–Crippen MR) is 99.6 cm³/mol. The van der Waals surface area contributed by atoms with Crippen molar-refractivity contribution in [3.63, 3.8) is 0 Å². The van der Waals surface area contributed by atoms with Crippen LogP contribution in [-0.2, 0) is 27.7 Å². The molecule has 1 N–H and O–H groups in total. The maximum atomic E-state index is 12.7. The molecule has 0 spiro atoms. The van der Waals surface area contributed by atoms with E-state index in [0.717, 1.165) is 16.9 Å². The van der Waals surface area contributed by atoms with Crippen LogP contribution in [0, 0.1) is 6.92 Å². The summed E-state index contributed by atoms with van der Waals surface area (Å²) in [6.07, 6.45) is 0.881. The van der Waals surface area contributed by atoms with Gasteiger partial charge in [-0.1, -0.05) is 13.8 Å². The van der Waals surface area contributed by atoms with Crippen LogP contribution in [0.1, 0.15) is 30.8 Å². The van der Waals surface area contributed by atoms with Crippen molar-refractivity contribution >= 4 is 21.6 Å². The molecule has 7 nitrogen and oxygen atoms in total. The molecule has 1 amide bonds. The number of carbonyl (C=O) groups is 1. The fourth-order valence-electron chi connectivity index (χ4n) is 3.33. The molecule has 2 heterocycles. The number of nitrogens with zero attached hydrogens (tertiary/aromatic N) is 3. The normalized spacial score (nSPS) is 14.1. The van der Waals surface area contributed by atoms with Crippen LogP contribution >= 0.6 is 0 Å². The van der Waals surface area contributed by atoms with Gasteiger partial charge in [0.2, 0.25) is 15.9 Å². The molecule has 3 rings (SSSR count). The van der Waals surface area contributed by atoms with Crippen molar-refractivity contribution < 1.29 is 13.2 Å². The van der Waals surface area contributed by atoms with Crippen LogP contribution in [0.15, 0.2) is 29.2 Å². The summed E-state index contributed by atoms with van der Waals surface area (Å²) in [6.45, 7) is 6.97. The minimum Gasteiger partial charge on any atom is -0.311 e. The Morgan fingerprint density at radius 2 is 2.00 bits per heavy atom. The number of fused-ring (bicyclic) bond motifs is 1. The van der Waals surface area contributed by atoms with Crippen molar-refractivity contribution in [1.82, 2.24) is 14.5 Å². The second-order valence-electron chi connectivity index (χ2n) is 6.39. The molecule has 2 aromatic rings. The molecule has 0 bridgehead atoms. The number of sulfonamides is 1. The summed E-state index contributed by atoms with van der Waals surface area (Å²) in [7, 11) is -3.49. The molecule has 0 radical (unpaired) electrons. The first-order valence-corrected chi connectivity index (χ1v) is 10.2. The number of amides is 1. The minimum absolute atomic E-state index is 0.0328. The molecule has 1 aromatic heterocycles. The third-order valence-corrected chi connectivity index (χ3v) is 6.73. The molecule has 1 aliphatic rings. The van der Waals surface area contributed by atoms with Crippen molar-refractivity contribution in [3.05, 3.63) is 41.2 Å². The largest absolute Gasteiger partial charge is 0.311 e. The van der Waals surface area contributed by atoms with E-state index < -0.39 is 10.0 Å². The van der Waals surface area contributed by atoms with Gasteiger partial charge in [-0.05, 0) is 43.2 Å². The smallest absolute Gasteiger partial charge is 0.243 e. The lowest BCUT2D eigenvalue weighted by Gasteiger charge is -2.20. The number of nitrogens with one attached hydrogen (secondary N) is 1. The molecule has 0 fully saturated rings. The molecule has 0 unspecified atom stereocenters. The molecule has 140 valence electrons. The Balaban J connectivity index is 1.83. The summed E-state index contributed by atoms with van der Waals surface area (Å²) < 4.78 is 26.8. The lowest BCUT2D eigenvalue weighted by molar-refractivity contribution is -0.117. The number of aryl methyl sites for hydroxylation is 1. The molecule has 26 heavy (non-hydrogen) atoms. The van der Waals surface area contributed by atoms with Crippen molar-refractivity contribution in [3.8, 4) is 0 Å². The van der Waals surface area contributed by atoms with Gasteiger partial charge in [0.15, 0.2) is 0 Å². The topological polar surface area (TPSA) is 86.4 Å². The van der Waals surface area contributed by atoms with E-state index in [2.05, 4.69) is 10.2 Å². The zero-order chi connectivity index (χ0) is 18.9. The van der Waals surface area contributed by atoms with E-state index in [4.69, 9.17) is 0 Å². The van der Waals surface area contributed by atoms with E-state index >= 15 is 0 Å². The van der Waals surface area contributed by atoms with Gasteiger partial charge in [-0.2, -0.15) is 9.40 Å². The summed E-state index contributed by atoms with van der Waals surface area (Å²) in [4.78, 5) is 14.6. The highest BCUT2D eigenvalue weighted by atomic mass is 32.2. The van der Waals surface area contributed by atoms with Crippen molar-refractivity contribution in [2.24, 2.45) is 0 Å². The number of hydrogen-bond acceptors (Lipinski definition) is 4. The number of aromatic nitrogens is 2. The Labute approximate surface area is 154 Å². The summed E-state index contributed by atoms with van der Waals surface area (Å²) in [5, 5.41) is 6.95. The Hall–Kier alpha value is -2.19. The fourth-order valence-corrected chi connectivity index (χ4v) is 4.83. The van der Waals surface area contributed by atoms with Crippen molar-refractivity contribution in [2.45, 2.75) is 38.5 Å². The van der Waals surface area contributed by atoms with Crippen LogP contribution in [0.3, 0.4) is 0 Å². The van der Waals surface area contributed by atoms with E-state index in [0.29, 0.717) is 31.7 Å². The molecule has 1 aromatic carbocycles. The van der Waals surface area contributed by atoms with Crippen LogP contribution in [0.25, 0.3) is 0 Å². The fraction of sp³-hybridized carbons (Fsp3) is 0.444. The van der Waals surface area contributed by atoms with E-state index in [9.17, 15) is 13.2 Å². The van der Waals surface area contributed by atoms with Crippen LogP contribution in [0.4, 0.5) is 5.69 Å². The Morgan fingerprint density at radius 1 is 1.27 bits per heavy atom. The highest BCUT2D eigenvalue weighted by Crippen LogP contribution is 2.31. The maximum absolute atomic E-state index is 12.7. The maximum Gasteiger partial charge on any atom is 0.243 e. The average molecular weight is 376 g/mol. The number of rotatable bonds is 6. The number of benzene rings is 1. The third-order valence-electron chi connectivity index (χ3n) is 4.68. The first kappa shape index (κ1) is 18.6. The molecule has 8 heteroatoms. The second kappa shape index (κ2) is 7.20.